The van der Waals surface area contributed by atoms with Crippen molar-refractivity contribution < 1.29 is 63.1 Å². The van der Waals surface area contributed by atoms with E-state index in [-0.39, 0.29) is 12.8 Å². The van der Waals surface area contributed by atoms with Crippen molar-refractivity contribution in [2.24, 2.45) is 0 Å². The first kappa shape index (κ1) is 58.0. The monoisotopic (exact) mass is 909 g/mol. The number of carbonyl (C=O) groups is 2. The van der Waals surface area contributed by atoms with Crippen LogP contribution in [0.1, 0.15) is 155 Å². The molecule has 14 heteroatoms. The van der Waals surface area contributed by atoms with Crippen molar-refractivity contribution >= 4 is 19.8 Å². The topological polar surface area (TPSA) is 210 Å². The van der Waals surface area contributed by atoms with Crippen molar-refractivity contribution in [1.82, 2.24) is 0 Å². The van der Waals surface area contributed by atoms with Gasteiger partial charge in [0.25, 0.3) is 0 Å². The van der Waals surface area contributed by atoms with Crippen LogP contribution in [0.15, 0.2) is 85.1 Å². The minimum Gasteiger partial charge on any atom is -0.462 e. The molecule has 1 aliphatic rings. The molecule has 1 rings (SSSR count). The van der Waals surface area contributed by atoms with Gasteiger partial charge in [0, 0.05) is 12.8 Å². The Morgan fingerprint density at radius 2 is 0.905 bits per heavy atom. The zero-order valence-corrected chi connectivity index (χ0v) is 39.0. The van der Waals surface area contributed by atoms with Crippen LogP contribution in [0, 0.1) is 0 Å². The largest absolute Gasteiger partial charge is 0.472 e. The second kappa shape index (κ2) is 38.3. The number of carbonyl (C=O) groups excluding carboxylic acids is 2. The van der Waals surface area contributed by atoms with Gasteiger partial charge in [0.15, 0.2) is 6.10 Å². The number of unbranched alkanes of at least 4 members (excludes halogenated alkanes) is 11. The van der Waals surface area contributed by atoms with E-state index in [0.29, 0.717) is 19.3 Å². The Morgan fingerprint density at radius 1 is 0.508 bits per heavy atom. The van der Waals surface area contributed by atoms with Gasteiger partial charge >= 0.3 is 19.8 Å². The molecule has 0 aliphatic heterocycles. The van der Waals surface area contributed by atoms with Crippen molar-refractivity contribution in [3.63, 3.8) is 0 Å². The second-order valence-electron chi connectivity index (χ2n) is 15.9. The highest BCUT2D eigenvalue weighted by Gasteiger charge is 2.51. The lowest BCUT2D eigenvalue weighted by molar-refractivity contribution is -0.220. The van der Waals surface area contributed by atoms with E-state index in [1.165, 1.54) is 57.8 Å². The van der Waals surface area contributed by atoms with Crippen molar-refractivity contribution in [3.05, 3.63) is 85.1 Å². The Labute approximate surface area is 378 Å². The lowest BCUT2D eigenvalue weighted by atomic mass is 9.85. The minimum atomic E-state index is -5.15. The summed E-state index contributed by atoms with van der Waals surface area (Å²) < 4.78 is 33.4. The van der Waals surface area contributed by atoms with Crippen LogP contribution in [-0.4, -0.2) is 98.3 Å². The van der Waals surface area contributed by atoms with Gasteiger partial charge in [-0.15, -0.1) is 0 Å². The second-order valence-corrected chi connectivity index (χ2v) is 17.3. The lowest BCUT2D eigenvalue weighted by Crippen LogP contribution is -2.64. The molecule has 360 valence electrons. The van der Waals surface area contributed by atoms with Gasteiger partial charge in [-0.1, -0.05) is 163 Å². The SMILES string of the molecule is CC/C=C/C/C=C/C/C=C/C/C=C/C/C=C/C/C=C/CCC(=O)OC[C@@H](COP(=O)(O)OC1C(O)C(O)C(O)[C@H](O)C1O)OC(=O)CC/C=C/CCCCCCCCCCCCC. The Kier molecular flexibility index (Phi) is 35.3. The molecule has 1 fully saturated rings. The third-order valence-electron chi connectivity index (χ3n) is 10.2. The predicted octanol–water partition coefficient (Wildman–Crippen LogP) is 9.28. The van der Waals surface area contributed by atoms with E-state index in [4.69, 9.17) is 18.5 Å². The summed E-state index contributed by atoms with van der Waals surface area (Å²) in [6.45, 7) is 3.08. The molecule has 0 amide bonds. The van der Waals surface area contributed by atoms with Gasteiger partial charge in [-0.2, -0.15) is 0 Å². The van der Waals surface area contributed by atoms with E-state index in [0.717, 1.165) is 51.4 Å². The van der Waals surface area contributed by atoms with Crippen LogP contribution in [-0.2, 0) is 32.7 Å². The van der Waals surface area contributed by atoms with Gasteiger partial charge in [-0.3, -0.25) is 18.6 Å². The molecule has 6 unspecified atom stereocenters. The molecular weight excluding hydrogens is 827 g/mol. The summed E-state index contributed by atoms with van der Waals surface area (Å²) in [5.74, 6) is -1.26. The van der Waals surface area contributed by atoms with Gasteiger partial charge in [0.2, 0.25) is 0 Å². The molecular formula is C49H81O13P. The van der Waals surface area contributed by atoms with E-state index in [9.17, 15) is 44.6 Å². The van der Waals surface area contributed by atoms with Crippen LogP contribution in [0.4, 0.5) is 0 Å². The van der Waals surface area contributed by atoms with Crippen LogP contribution in [0.25, 0.3) is 0 Å². The molecule has 0 heterocycles. The molecule has 63 heavy (non-hydrogen) atoms. The maximum Gasteiger partial charge on any atom is 0.472 e. The number of ether oxygens (including phenoxy) is 2. The first-order chi connectivity index (χ1) is 30.4. The predicted molar refractivity (Wildman–Crippen MR) is 248 cm³/mol. The standard InChI is InChI=1S/C49H81O13P/c1-3-5-7-9-11-13-15-17-19-20-21-22-24-25-27-29-31-33-35-37-42(50)59-39-41(40-60-63(57,58)62-49-47(55)45(53)44(52)46(54)48(49)56)61-43(51)38-36-34-32-30-28-26-23-18-16-14-12-10-8-6-4-2/h5,7,11,13,17,19,21-22,25,27,31-34,41,44-49,52-56H,3-4,6,8-10,12,14-16,18,20,23-24,26,28-30,35-40H2,1-2H3,(H,57,58)/b7-5+,13-11+,19-17+,22-21+,27-25+,33-31+,34-32+/t41-,44?,45-,46?,47?,48?,49?/m0/s1. The average Bonchev–Trinajstić information content (AvgIpc) is 3.26. The summed E-state index contributed by atoms with van der Waals surface area (Å²) >= 11 is 0. The van der Waals surface area contributed by atoms with Gasteiger partial charge < -0.3 is 39.9 Å². The average molecular weight is 909 g/mol. The number of aliphatic hydroxyl groups is 5. The van der Waals surface area contributed by atoms with Crippen LogP contribution in [0.3, 0.4) is 0 Å². The minimum absolute atomic E-state index is 0.00622. The molecule has 0 aromatic rings. The molecule has 1 aliphatic carbocycles. The highest BCUT2D eigenvalue weighted by molar-refractivity contribution is 7.47. The Balaban J connectivity index is 2.53. The lowest BCUT2D eigenvalue weighted by Gasteiger charge is -2.41. The normalized spacial score (nSPS) is 22.5. The van der Waals surface area contributed by atoms with Gasteiger partial charge in [-0.05, 0) is 64.2 Å². The summed E-state index contributed by atoms with van der Waals surface area (Å²) in [7, 11) is -5.15. The van der Waals surface area contributed by atoms with E-state index in [1.54, 1.807) is 0 Å². The molecule has 6 N–H and O–H groups in total. The molecule has 1 saturated carbocycles. The van der Waals surface area contributed by atoms with Gasteiger partial charge in [-0.25, -0.2) is 4.57 Å². The smallest absolute Gasteiger partial charge is 0.462 e. The zero-order chi connectivity index (χ0) is 46.4. The van der Waals surface area contributed by atoms with E-state index in [1.807, 2.05) is 30.4 Å². The number of esters is 2. The maximum atomic E-state index is 12.8. The fraction of sp³-hybridized carbons (Fsp3) is 0.673. The van der Waals surface area contributed by atoms with Gasteiger partial charge in [0.1, 0.15) is 43.2 Å². The Morgan fingerprint density at radius 3 is 1.40 bits per heavy atom. The molecule has 0 aromatic heterocycles. The summed E-state index contributed by atoms with van der Waals surface area (Å²) in [6.07, 6.45) is 36.6. The number of hydrogen-bond acceptors (Lipinski definition) is 12. The van der Waals surface area contributed by atoms with Gasteiger partial charge in [0.05, 0.1) is 6.61 Å². The first-order valence-electron chi connectivity index (χ1n) is 23.4. The summed E-state index contributed by atoms with van der Waals surface area (Å²) in [5, 5.41) is 50.1. The van der Waals surface area contributed by atoms with E-state index < -0.39 is 75.7 Å². The fourth-order valence-corrected chi connectivity index (χ4v) is 7.48. The summed E-state index contributed by atoms with van der Waals surface area (Å²) in [4.78, 5) is 35.6. The van der Waals surface area contributed by atoms with E-state index in [2.05, 4.69) is 68.5 Å². The highest BCUT2D eigenvalue weighted by Crippen LogP contribution is 2.47. The summed E-state index contributed by atoms with van der Waals surface area (Å²) in [5.41, 5.74) is 0. The summed E-state index contributed by atoms with van der Waals surface area (Å²) in [6, 6.07) is 0. The van der Waals surface area contributed by atoms with Crippen molar-refractivity contribution in [2.45, 2.75) is 198 Å². The molecule has 0 aromatic carbocycles. The quantitative estimate of drug-likeness (QED) is 0.0149. The van der Waals surface area contributed by atoms with E-state index >= 15 is 0 Å². The van der Waals surface area contributed by atoms with Crippen molar-refractivity contribution in [1.29, 1.82) is 0 Å². The first-order valence-corrected chi connectivity index (χ1v) is 24.9. The molecule has 13 nitrogen and oxygen atoms in total. The maximum absolute atomic E-state index is 12.8. The number of aliphatic hydroxyl groups excluding tert-OH is 5. The molecule has 0 radical (unpaired) electrons. The number of phosphoric ester groups is 1. The third kappa shape index (κ3) is 30.7. The fourth-order valence-electron chi connectivity index (χ4n) is 6.51. The number of allylic oxidation sites excluding steroid dienone is 14. The Hall–Kier alpha value is -2.97. The molecule has 0 saturated heterocycles. The van der Waals surface area contributed by atoms with Crippen LogP contribution >= 0.6 is 7.82 Å². The highest BCUT2D eigenvalue weighted by atomic mass is 31.2. The molecule has 0 bridgehead atoms. The molecule has 8 atom stereocenters. The zero-order valence-electron chi connectivity index (χ0n) is 38.1. The Bertz CT molecular complexity index is 1420. The van der Waals surface area contributed by atoms with Crippen molar-refractivity contribution in [3.8, 4) is 0 Å². The number of rotatable bonds is 37. The molecule has 0 spiro atoms. The van der Waals surface area contributed by atoms with Crippen LogP contribution in [0.2, 0.25) is 0 Å². The van der Waals surface area contributed by atoms with Crippen LogP contribution in [0.5, 0.6) is 0 Å². The third-order valence-corrected chi connectivity index (χ3v) is 11.2. The number of hydrogen-bond donors (Lipinski definition) is 6. The van der Waals surface area contributed by atoms with Crippen LogP contribution < -0.4 is 0 Å². The number of phosphoric acid groups is 1. The van der Waals surface area contributed by atoms with Crippen molar-refractivity contribution in [2.75, 3.05) is 13.2 Å².